The predicted molar refractivity (Wildman–Crippen MR) is 146 cm³/mol. The predicted octanol–water partition coefficient (Wildman–Crippen LogP) is 5.60. The van der Waals surface area contributed by atoms with Gasteiger partial charge in [-0.3, -0.25) is 14.5 Å². The summed E-state index contributed by atoms with van der Waals surface area (Å²) in [6.07, 6.45) is 1.83. The maximum absolute atomic E-state index is 13.4. The molecule has 3 aromatic heterocycles. The third-order valence-electron chi connectivity index (χ3n) is 6.67. The highest BCUT2D eigenvalue weighted by atomic mass is 32.1. The van der Waals surface area contributed by atoms with Crippen LogP contribution >= 0.6 is 22.7 Å². The largest absolute Gasteiger partial charge is 0.454 e. The van der Waals surface area contributed by atoms with Crippen molar-refractivity contribution in [2.24, 2.45) is 0 Å². The van der Waals surface area contributed by atoms with Crippen molar-refractivity contribution in [2.75, 3.05) is 37.6 Å². The molecule has 2 amide bonds. The molecule has 0 saturated carbocycles. The number of hydrogen-bond donors (Lipinski definition) is 0. The molecule has 0 bridgehead atoms. The lowest BCUT2D eigenvalue weighted by molar-refractivity contribution is -0.130. The van der Waals surface area contributed by atoms with E-state index in [1.165, 1.54) is 22.7 Å². The molecule has 7 nitrogen and oxygen atoms in total. The molecule has 188 valence electrons. The molecular formula is C27H30N4O3S2. The molecule has 5 rings (SSSR count). The number of thiophene rings is 1. The van der Waals surface area contributed by atoms with E-state index in [0.29, 0.717) is 22.3 Å². The van der Waals surface area contributed by atoms with Crippen molar-refractivity contribution in [1.29, 1.82) is 0 Å². The second-order valence-corrected chi connectivity index (χ2v) is 10.8. The highest BCUT2D eigenvalue weighted by Gasteiger charge is 2.29. The molecule has 36 heavy (non-hydrogen) atoms. The van der Waals surface area contributed by atoms with Crippen LogP contribution in [0, 0.1) is 0 Å². The molecule has 9 heteroatoms. The highest BCUT2D eigenvalue weighted by molar-refractivity contribution is 7.14. The fraction of sp³-hybridized carbons (Fsp3) is 0.370. The van der Waals surface area contributed by atoms with E-state index in [-0.39, 0.29) is 17.9 Å². The second kappa shape index (κ2) is 10.9. The number of likely N-dealkylation sites (N-methyl/N-ethyl adjacent to an activating group) is 1. The van der Waals surface area contributed by atoms with Crippen molar-refractivity contribution in [2.45, 2.75) is 32.7 Å². The van der Waals surface area contributed by atoms with Gasteiger partial charge in [-0.1, -0.05) is 24.3 Å². The van der Waals surface area contributed by atoms with Gasteiger partial charge in [0.05, 0.1) is 4.88 Å². The summed E-state index contributed by atoms with van der Waals surface area (Å²) < 4.78 is 5.99. The monoisotopic (exact) mass is 522 g/mol. The zero-order valence-corrected chi connectivity index (χ0v) is 22.2. The summed E-state index contributed by atoms with van der Waals surface area (Å²) in [6, 6.07) is 13.9. The number of para-hydroxylation sites is 1. The van der Waals surface area contributed by atoms with Gasteiger partial charge in [-0.25, -0.2) is 4.98 Å². The van der Waals surface area contributed by atoms with E-state index in [1.807, 2.05) is 65.0 Å². The van der Waals surface area contributed by atoms with Crippen LogP contribution < -0.4 is 4.90 Å². The van der Waals surface area contributed by atoms with E-state index in [0.717, 1.165) is 55.7 Å². The van der Waals surface area contributed by atoms with Crippen molar-refractivity contribution in [1.82, 2.24) is 14.8 Å². The minimum Gasteiger partial charge on any atom is -0.454 e. The number of likely N-dealkylation sites (tertiary alicyclic amines) is 1. The van der Waals surface area contributed by atoms with Gasteiger partial charge in [0.2, 0.25) is 5.91 Å². The number of aromatic nitrogens is 1. The third kappa shape index (κ3) is 5.23. The van der Waals surface area contributed by atoms with Crippen LogP contribution in [0.5, 0.6) is 0 Å². The number of amides is 2. The SMILES string of the molecule is CCN(C(C)=O)C1CCN(CCCN(C(=O)c2cccs2)c2nc(-c3cc4ccccc4o3)cs2)C1. The molecule has 0 N–H and O–H groups in total. The van der Waals surface area contributed by atoms with Crippen LogP contribution in [-0.2, 0) is 4.79 Å². The van der Waals surface area contributed by atoms with Crippen molar-refractivity contribution < 1.29 is 14.0 Å². The van der Waals surface area contributed by atoms with Gasteiger partial charge >= 0.3 is 0 Å². The molecule has 0 radical (unpaired) electrons. The lowest BCUT2D eigenvalue weighted by Crippen LogP contribution is -2.41. The third-order valence-corrected chi connectivity index (χ3v) is 8.39. The first-order valence-corrected chi connectivity index (χ1v) is 14.1. The quantitative estimate of drug-likeness (QED) is 0.286. The van der Waals surface area contributed by atoms with Crippen LogP contribution in [-0.4, -0.2) is 65.4 Å². The molecular weight excluding hydrogens is 492 g/mol. The first kappa shape index (κ1) is 24.7. The maximum atomic E-state index is 13.4. The molecule has 1 atom stereocenters. The van der Waals surface area contributed by atoms with Crippen LogP contribution in [0.4, 0.5) is 5.13 Å². The Morgan fingerprint density at radius 1 is 1.19 bits per heavy atom. The first-order chi connectivity index (χ1) is 17.5. The van der Waals surface area contributed by atoms with Crippen LogP contribution in [0.2, 0.25) is 0 Å². The van der Waals surface area contributed by atoms with Gasteiger partial charge in [0.1, 0.15) is 11.3 Å². The maximum Gasteiger partial charge on any atom is 0.270 e. The van der Waals surface area contributed by atoms with Crippen LogP contribution in [0.1, 0.15) is 36.4 Å². The fourth-order valence-electron chi connectivity index (χ4n) is 4.89. The molecule has 1 aliphatic rings. The first-order valence-electron chi connectivity index (χ1n) is 12.3. The van der Waals surface area contributed by atoms with Gasteiger partial charge in [-0.05, 0) is 49.9 Å². The van der Waals surface area contributed by atoms with Gasteiger partial charge < -0.3 is 14.2 Å². The molecule has 1 saturated heterocycles. The summed E-state index contributed by atoms with van der Waals surface area (Å²) in [5.74, 6) is 0.820. The van der Waals surface area contributed by atoms with Crippen LogP contribution in [0.3, 0.4) is 0 Å². The molecule has 1 aliphatic heterocycles. The number of thiazole rings is 1. The van der Waals surface area contributed by atoms with Crippen molar-refractivity contribution >= 4 is 50.6 Å². The van der Waals surface area contributed by atoms with Crippen LogP contribution in [0.15, 0.2) is 57.6 Å². The lowest BCUT2D eigenvalue weighted by Gasteiger charge is -2.27. The topological polar surface area (TPSA) is 69.9 Å². The van der Waals surface area contributed by atoms with Gasteiger partial charge in [-0.15, -0.1) is 22.7 Å². The number of hydrogen-bond acceptors (Lipinski definition) is 7. The van der Waals surface area contributed by atoms with Crippen molar-refractivity contribution in [3.63, 3.8) is 0 Å². The molecule has 1 fully saturated rings. The Bertz CT molecular complexity index is 1300. The summed E-state index contributed by atoms with van der Waals surface area (Å²) in [5, 5.41) is 5.58. The summed E-state index contributed by atoms with van der Waals surface area (Å²) in [5.41, 5.74) is 1.56. The Morgan fingerprint density at radius 3 is 2.81 bits per heavy atom. The van der Waals surface area contributed by atoms with Crippen LogP contribution in [0.25, 0.3) is 22.4 Å². The average Bonchev–Trinajstić information content (AvgIpc) is 3.67. The molecule has 0 spiro atoms. The Hall–Kier alpha value is -3.01. The second-order valence-electron chi connectivity index (χ2n) is 9.00. The number of benzene rings is 1. The lowest BCUT2D eigenvalue weighted by atomic mass is 10.2. The molecule has 1 aromatic carbocycles. The zero-order valence-electron chi connectivity index (χ0n) is 20.6. The van der Waals surface area contributed by atoms with E-state index in [4.69, 9.17) is 9.40 Å². The molecule has 1 unspecified atom stereocenters. The smallest absolute Gasteiger partial charge is 0.270 e. The number of carbonyl (C=O) groups excluding carboxylic acids is 2. The van der Waals surface area contributed by atoms with Crippen molar-refractivity contribution in [3.05, 3.63) is 58.1 Å². The van der Waals surface area contributed by atoms with Gasteiger partial charge in [0.15, 0.2) is 10.9 Å². The fourth-order valence-corrected chi connectivity index (χ4v) is 6.40. The number of carbonyl (C=O) groups is 2. The Labute approximate surface area is 218 Å². The number of rotatable bonds is 9. The standard InChI is InChI=1S/C27H30N4O3S2/c1-3-30(19(2)32)21-11-14-29(17-21)12-7-13-31(26(33)25-10-6-15-35-25)27-28-22(18-36-27)24-16-20-8-4-5-9-23(20)34-24/h4-6,8-10,15-16,18,21H,3,7,11-14,17H2,1-2H3. The number of fused-ring (bicyclic) bond motifs is 1. The molecule has 4 aromatic rings. The minimum absolute atomic E-state index is 0.0245. The number of furan rings is 1. The highest BCUT2D eigenvalue weighted by Crippen LogP contribution is 2.32. The summed E-state index contributed by atoms with van der Waals surface area (Å²) >= 11 is 2.91. The van der Waals surface area contributed by atoms with Crippen molar-refractivity contribution in [3.8, 4) is 11.5 Å². The number of anilines is 1. The summed E-state index contributed by atoms with van der Waals surface area (Å²) in [6.45, 7) is 7.74. The Balaban J connectivity index is 1.28. The van der Waals surface area contributed by atoms with E-state index < -0.39 is 0 Å². The van der Waals surface area contributed by atoms with Gasteiger partial charge in [-0.2, -0.15) is 0 Å². The van der Waals surface area contributed by atoms with E-state index in [9.17, 15) is 9.59 Å². The van der Waals surface area contributed by atoms with Gasteiger partial charge in [0, 0.05) is 49.9 Å². The average molecular weight is 523 g/mol. The molecule has 4 heterocycles. The Kier molecular flexibility index (Phi) is 7.50. The zero-order chi connectivity index (χ0) is 25.1. The Morgan fingerprint density at radius 2 is 2.06 bits per heavy atom. The summed E-state index contributed by atoms with van der Waals surface area (Å²) in [7, 11) is 0. The van der Waals surface area contributed by atoms with E-state index in [1.54, 1.807) is 11.8 Å². The number of nitrogens with zero attached hydrogens (tertiary/aromatic N) is 4. The molecule has 0 aliphatic carbocycles. The van der Waals surface area contributed by atoms with E-state index in [2.05, 4.69) is 4.90 Å². The summed E-state index contributed by atoms with van der Waals surface area (Å²) in [4.78, 5) is 37.0. The minimum atomic E-state index is -0.0245. The van der Waals surface area contributed by atoms with E-state index >= 15 is 0 Å². The van der Waals surface area contributed by atoms with Gasteiger partial charge in [0.25, 0.3) is 5.91 Å². The normalized spacial score (nSPS) is 16.0.